The highest BCUT2D eigenvalue weighted by molar-refractivity contribution is 5.81. The number of nitrogens with zero attached hydrogens (tertiary/aromatic N) is 2. The van der Waals surface area contributed by atoms with Crippen LogP contribution in [0.25, 0.3) is 0 Å². The highest BCUT2D eigenvalue weighted by atomic mass is 16.5. The highest BCUT2D eigenvalue weighted by Crippen LogP contribution is 2.38. The van der Waals surface area contributed by atoms with Crippen LogP contribution in [-0.4, -0.2) is 54.7 Å². The lowest BCUT2D eigenvalue weighted by molar-refractivity contribution is -0.142. The van der Waals surface area contributed by atoms with Gasteiger partial charge in [-0.1, -0.05) is 66.2 Å². The highest BCUT2D eigenvalue weighted by Gasteiger charge is 2.30. The second-order valence-electron chi connectivity index (χ2n) is 9.58. The Kier molecular flexibility index (Phi) is 7.16. The third kappa shape index (κ3) is 5.42. The van der Waals surface area contributed by atoms with Gasteiger partial charge in [0.1, 0.15) is 5.75 Å². The number of ether oxygens (including phenoxy) is 2. The van der Waals surface area contributed by atoms with E-state index in [9.17, 15) is 4.79 Å². The van der Waals surface area contributed by atoms with Crippen LogP contribution < -0.4 is 4.74 Å². The van der Waals surface area contributed by atoms with Crippen molar-refractivity contribution >= 4 is 5.91 Å². The van der Waals surface area contributed by atoms with Gasteiger partial charge in [0.2, 0.25) is 0 Å². The van der Waals surface area contributed by atoms with Crippen molar-refractivity contribution in [1.29, 1.82) is 0 Å². The molecule has 2 heterocycles. The molecule has 2 unspecified atom stereocenters. The van der Waals surface area contributed by atoms with Crippen molar-refractivity contribution in [3.05, 3.63) is 101 Å². The zero-order valence-corrected chi connectivity index (χ0v) is 20.7. The van der Waals surface area contributed by atoms with Gasteiger partial charge in [0, 0.05) is 26.2 Å². The molecule has 1 saturated heterocycles. The summed E-state index contributed by atoms with van der Waals surface area (Å²) in [6.45, 7) is 8.28. The molecule has 0 bridgehead atoms. The molecule has 2 aliphatic rings. The van der Waals surface area contributed by atoms with Crippen LogP contribution in [0.3, 0.4) is 0 Å². The van der Waals surface area contributed by atoms with Crippen molar-refractivity contribution in [1.82, 2.24) is 9.80 Å². The summed E-state index contributed by atoms with van der Waals surface area (Å²) >= 11 is 0. The standard InChI is InChI=1S/C30H34N2O3/c1-22-8-10-24(11-9-22)21-32-15-14-25-12-13-27(20-28(25)29(32)26-6-4-3-5-7-26)35-23(2)30(33)31-16-18-34-19-17-31/h3-13,20,23,29H,14-19,21H2,1-2H3. The Hall–Kier alpha value is -3.15. The van der Waals surface area contributed by atoms with Crippen LogP contribution in [0.2, 0.25) is 0 Å². The van der Waals surface area contributed by atoms with Gasteiger partial charge in [0.15, 0.2) is 6.10 Å². The maximum atomic E-state index is 12.9. The van der Waals surface area contributed by atoms with Gasteiger partial charge in [-0.3, -0.25) is 9.69 Å². The summed E-state index contributed by atoms with van der Waals surface area (Å²) in [6, 6.07) is 26.0. The van der Waals surface area contributed by atoms with Crippen molar-refractivity contribution in [3.8, 4) is 5.75 Å². The Morgan fingerprint density at radius 2 is 1.74 bits per heavy atom. The molecule has 182 valence electrons. The number of morpholine rings is 1. The lowest BCUT2D eigenvalue weighted by Gasteiger charge is -2.38. The SMILES string of the molecule is Cc1ccc(CN2CCc3ccc(OC(C)C(=O)N4CCOCC4)cc3C2c2ccccc2)cc1. The van der Waals surface area contributed by atoms with Crippen LogP contribution in [-0.2, 0) is 22.5 Å². The number of benzene rings is 3. The molecule has 2 atom stereocenters. The van der Waals surface area contributed by atoms with Crippen LogP contribution >= 0.6 is 0 Å². The number of carbonyl (C=O) groups is 1. The van der Waals surface area contributed by atoms with E-state index in [-0.39, 0.29) is 11.9 Å². The number of hydrogen-bond donors (Lipinski definition) is 0. The third-order valence-electron chi connectivity index (χ3n) is 7.05. The van der Waals surface area contributed by atoms with Crippen LogP contribution in [0.1, 0.15) is 40.8 Å². The zero-order valence-electron chi connectivity index (χ0n) is 20.7. The van der Waals surface area contributed by atoms with Crippen molar-refractivity contribution in [3.63, 3.8) is 0 Å². The Morgan fingerprint density at radius 3 is 2.49 bits per heavy atom. The Bertz CT molecular complexity index is 1140. The Morgan fingerprint density at radius 1 is 1.00 bits per heavy atom. The number of hydrogen-bond acceptors (Lipinski definition) is 4. The van der Waals surface area contributed by atoms with E-state index < -0.39 is 6.10 Å². The topological polar surface area (TPSA) is 42.0 Å². The minimum atomic E-state index is -0.534. The van der Waals surface area contributed by atoms with Crippen LogP contribution in [0, 0.1) is 6.92 Å². The molecule has 35 heavy (non-hydrogen) atoms. The van der Waals surface area contributed by atoms with Gasteiger partial charge in [-0.25, -0.2) is 0 Å². The van der Waals surface area contributed by atoms with Crippen molar-refractivity contribution in [2.75, 3.05) is 32.8 Å². The quantitative estimate of drug-likeness (QED) is 0.521. The number of fused-ring (bicyclic) bond motifs is 1. The Balaban J connectivity index is 1.41. The van der Waals surface area contributed by atoms with Crippen LogP contribution in [0.5, 0.6) is 5.75 Å². The van der Waals surface area contributed by atoms with Gasteiger partial charge in [-0.2, -0.15) is 0 Å². The number of rotatable bonds is 6. The average Bonchev–Trinajstić information content (AvgIpc) is 2.90. The molecule has 3 aromatic carbocycles. The molecule has 0 radical (unpaired) electrons. The van der Waals surface area contributed by atoms with Gasteiger partial charge in [0.05, 0.1) is 19.3 Å². The molecule has 2 aliphatic heterocycles. The van der Waals surface area contributed by atoms with Crippen molar-refractivity contribution in [2.45, 2.75) is 39.0 Å². The molecule has 0 spiro atoms. The van der Waals surface area contributed by atoms with Gasteiger partial charge >= 0.3 is 0 Å². The summed E-state index contributed by atoms with van der Waals surface area (Å²) in [4.78, 5) is 17.3. The van der Waals surface area contributed by atoms with Gasteiger partial charge in [-0.15, -0.1) is 0 Å². The van der Waals surface area contributed by atoms with Crippen LogP contribution in [0.4, 0.5) is 0 Å². The lowest BCUT2D eigenvalue weighted by atomic mass is 9.87. The van der Waals surface area contributed by atoms with E-state index in [1.54, 1.807) is 0 Å². The zero-order chi connectivity index (χ0) is 24.2. The maximum Gasteiger partial charge on any atom is 0.263 e. The second-order valence-corrected chi connectivity index (χ2v) is 9.58. The third-order valence-corrected chi connectivity index (χ3v) is 7.05. The van der Waals surface area contributed by atoms with E-state index in [1.807, 2.05) is 17.9 Å². The summed E-state index contributed by atoms with van der Waals surface area (Å²) in [5.41, 5.74) is 6.48. The van der Waals surface area contributed by atoms with Crippen molar-refractivity contribution in [2.24, 2.45) is 0 Å². The monoisotopic (exact) mass is 470 g/mol. The largest absolute Gasteiger partial charge is 0.481 e. The summed E-state index contributed by atoms with van der Waals surface area (Å²) in [5, 5.41) is 0. The fourth-order valence-electron chi connectivity index (χ4n) is 5.14. The summed E-state index contributed by atoms with van der Waals surface area (Å²) in [7, 11) is 0. The molecule has 3 aromatic rings. The summed E-state index contributed by atoms with van der Waals surface area (Å²) in [6.07, 6.45) is 0.459. The minimum Gasteiger partial charge on any atom is -0.481 e. The molecule has 0 N–H and O–H groups in total. The number of amides is 1. The summed E-state index contributed by atoms with van der Waals surface area (Å²) in [5.74, 6) is 0.766. The second kappa shape index (κ2) is 10.6. The Labute approximate surface area is 208 Å². The van der Waals surface area contributed by atoms with E-state index in [4.69, 9.17) is 9.47 Å². The fourth-order valence-corrected chi connectivity index (χ4v) is 5.14. The predicted octanol–water partition coefficient (Wildman–Crippen LogP) is 4.77. The maximum absolute atomic E-state index is 12.9. The number of carbonyl (C=O) groups excluding carboxylic acids is 1. The van der Waals surface area contributed by atoms with E-state index >= 15 is 0 Å². The first kappa shape index (κ1) is 23.6. The smallest absolute Gasteiger partial charge is 0.263 e. The van der Waals surface area contributed by atoms with E-state index in [2.05, 4.69) is 78.6 Å². The normalized spacial score (nSPS) is 19.1. The van der Waals surface area contributed by atoms with E-state index in [0.29, 0.717) is 26.3 Å². The lowest BCUT2D eigenvalue weighted by Crippen LogP contribution is -2.46. The molecular weight excluding hydrogens is 436 g/mol. The number of aryl methyl sites for hydroxylation is 1. The molecule has 5 rings (SSSR count). The summed E-state index contributed by atoms with van der Waals surface area (Å²) < 4.78 is 11.6. The molecule has 0 saturated carbocycles. The molecule has 5 nitrogen and oxygen atoms in total. The molecule has 0 aromatic heterocycles. The first-order valence-corrected chi connectivity index (χ1v) is 12.6. The predicted molar refractivity (Wildman–Crippen MR) is 138 cm³/mol. The molecular formula is C30H34N2O3. The first-order chi connectivity index (χ1) is 17.1. The molecule has 1 amide bonds. The van der Waals surface area contributed by atoms with E-state index in [0.717, 1.165) is 25.3 Å². The van der Waals surface area contributed by atoms with Gasteiger partial charge < -0.3 is 14.4 Å². The molecule has 5 heteroatoms. The fraction of sp³-hybridized carbons (Fsp3) is 0.367. The van der Waals surface area contributed by atoms with E-state index in [1.165, 1.54) is 27.8 Å². The van der Waals surface area contributed by atoms with Gasteiger partial charge in [-0.05, 0) is 54.7 Å². The van der Waals surface area contributed by atoms with Crippen LogP contribution in [0.15, 0.2) is 72.8 Å². The van der Waals surface area contributed by atoms with Gasteiger partial charge in [0.25, 0.3) is 5.91 Å². The minimum absolute atomic E-state index is 0.0200. The molecule has 1 fully saturated rings. The first-order valence-electron chi connectivity index (χ1n) is 12.6. The molecule has 0 aliphatic carbocycles. The van der Waals surface area contributed by atoms with Crippen molar-refractivity contribution < 1.29 is 14.3 Å². The average molecular weight is 471 g/mol.